The van der Waals surface area contributed by atoms with Crippen molar-refractivity contribution >= 4 is 40.4 Å². The van der Waals surface area contributed by atoms with Crippen molar-refractivity contribution in [2.75, 3.05) is 5.32 Å². The van der Waals surface area contributed by atoms with Gasteiger partial charge < -0.3 is 5.32 Å². The van der Waals surface area contributed by atoms with Gasteiger partial charge in [0.2, 0.25) is 0 Å². The van der Waals surface area contributed by atoms with Crippen molar-refractivity contribution in [1.29, 1.82) is 0 Å². The molecule has 0 aliphatic heterocycles. The van der Waals surface area contributed by atoms with Crippen LogP contribution < -0.4 is 5.32 Å². The zero-order valence-electron chi connectivity index (χ0n) is 8.50. The molecule has 0 fully saturated rings. The summed E-state index contributed by atoms with van der Waals surface area (Å²) in [6.45, 7) is 2.58. The highest BCUT2D eigenvalue weighted by molar-refractivity contribution is 7.09. The Kier molecular flexibility index (Phi) is 3.63. The van der Waals surface area contributed by atoms with Crippen LogP contribution in [0.3, 0.4) is 0 Å². The zero-order valence-corrected chi connectivity index (χ0v) is 10.8. The molecular formula is C10H9Cl2N3S. The fraction of sp³-hybridized carbons (Fsp3) is 0.200. The number of aryl methyl sites for hydroxylation is 1. The molecule has 16 heavy (non-hydrogen) atoms. The largest absolute Gasteiger partial charge is 0.363 e. The molecule has 84 valence electrons. The standard InChI is InChI=1S/C10H9Cl2N3S/c1-6-15-8(5-16-6)4-14-10-9(12)2-7(11)3-13-10/h2-3,5H,4H2,1H3,(H,13,14). The third kappa shape index (κ3) is 2.84. The number of hydrogen-bond acceptors (Lipinski definition) is 4. The third-order valence-corrected chi connectivity index (χ3v) is 3.23. The molecule has 2 aromatic heterocycles. The van der Waals surface area contributed by atoms with Crippen LogP contribution in [0.25, 0.3) is 0 Å². The summed E-state index contributed by atoms with van der Waals surface area (Å²) < 4.78 is 0. The molecule has 2 rings (SSSR count). The number of pyridine rings is 1. The topological polar surface area (TPSA) is 37.8 Å². The van der Waals surface area contributed by atoms with E-state index in [1.807, 2.05) is 12.3 Å². The molecule has 6 heteroatoms. The lowest BCUT2D eigenvalue weighted by Gasteiger charge is -2.05. The van der Waals surface area contributed by atoms with Crippen molar-refractivity contribution in [1.82, 2.24) is 9.97 Å². The van der Waals surface area contributed by atoms with Crippen LogP contribution in [-0.4, -0.2) is 9.97 Å². The van der Waals surface area contributed by atoms with Crippen molar-refractivity contribution in [2.24, 2.45) is 0 Å². The summed E-state index contributed by atoms with van der Waals surface area (Å²) in [6.07, 6.45) is 1.56. The van der Waals surface area contributed by atoms with E-state index in [0.29, 0.717) is 22.4 Å². The number of rotatable bonds is 3. The van der Waals surface area contributed by atoms with Crippen LogP contribution in [0.5, 0.6) is 0 Å². The lowest BCUT2D eigenvalue weighted by Crippen LogP contribution is -2.02. The van der Waals surface area contributed by atoms with Crippen molar-refractivity contribution in [3.63, 3.8) is 0 Å². The van der Waals surface area contributed by atoms with Gasteiger partial charge in [-0.05, 0) is 13.0 Å². The van der Waals surface area contributed by atoms with Gasteiger partial charge in [-0.25, -0.2) is 9.97 Å². The number of thiazole rings is 1. The monoisotopic (exact) mass is 273 g/mol. The Labute approximate surface area is 107 Å². The fourth-order valence-electron chi connectivity index (χ4n) is 1.21. The molecular weight excluding hydrogens is 265 g/mol. The normalized spacial score (nSPS) is 10.4. The first-order valence-corrected chi connectivity index (χ1v) is 6.24. The maximum atomic E-state index is 5.97. The van der Waals surface area contributed by atoms with Crippen LogP contribution in [0.4, 0.5) is 5.82 Å². The molecule has 0 bridgehead atoms. The van der Waals surface area contributed by atoms with Gasteiger partial charge in [0.25, 0.3) is 0 Å². The average Bonchev–Trinajstić information content (AvgIpc) is 2.63. The van der Waals surface area contributed by atoms with Crippen LogP contribution in [0.2, 0.25) is 10.0 Å². The molecule has 0 saturated carbocycles. The van der Waals surface area contributed by atoms with E-state index in [1.54, 1.807) is 23.6 Å². The van der Waals surface area contributed by atoms with Crippen LogP contribution in [0.15, 0.2) is 17.6 Å². The van der Waals surface area contributed by atoms with Gasteiger partial charge in [-0.1, -0.05) is 23.2 Å². The molecule has 2 heterocycles. The van der Waals surface area contributed by atoms with Crippen molar-refractivity contribution in [2.45, 2.75) is 13.5 Å². The Morgan fingerprint density at radius 3 is 2.88 bits per heavy atom. The van der Waals surface area contributed by atoms with Gasteiger partial charge in [0.05, 0.1) is 27.3 Å². The summed E-state index contributed by atoms with van der Waals surface area (Å²) >= 11 is 13.3. The lowest BCUT2D eigenvalue weighted by molar-refractivity contribution is 1.04. The SMILES string of the molecule is Cc1nc(CNc2ncc(Cl)cc2Cl)cs1. The van der Waals surface area contributed by atoms with Gasteiger partial charge in [-0.3, -0.25) is 0 Å². The first-order valence-electron chi connectivity index (χ1n) is 4.61. The molecule has 0 aliphatic rings. The predicted octanol–water partition coefficient (Wildman–Crippen LogP) is 3.77. The van der Waals surface area contributed by atoms with Crippen LogP contribution in [0.1, 0.15) is 10.7 Å². The smallest absolute Gasteiger partial charge is 0.145 e. The van der Waals surface area contributed by atoms with E-state index in [1.165, 1.54) is 0 Å². The predicted molar refractivity (Wildman–Crippen MR) is 68.4 cm³/mol. The van der Waals surface area contributed by atoms with E-state index in [0.717, 1.165) is 10.7 Å². The fourth-order valence-corrected chi connectivity index (χ4v) is 2.27. The molecule has 0 amide bonds. The number of hydrogen-bond donors (Lipinski definition) is 1. The van der Waals surface area contributed by atoms with Crippen LogP contribution in [-0.2, 0) is 6.54 Å². The van der Waals surface area contributed by atoms with Gasteiger partial charge in [-0.15, -0.1) is 11.3 Å². The highest BCUT2D eigenvalue weighted by Crippen LogP contribution is 2.23. The van der Waals surface area contributed by atoms with Gasteiger partial charge >= 0.3 is 0 Å². The number of anilines is 1. The summed E-state index contributed by atoms with van der Waals surface area (Å²) in [7, 11) is 0. The average molecular weight is 274 g/mol. The Morgan fingerprint density at radius 1 is 1.44 bits per heavy atom. The molecule has 0 aliphatic carbocycles. The Hall–Kier alpha value is -0.840. The maximum absolute atomic E-state index is 5.97. The molecule has 0 saturated heterocycles. The number of aromatic nitrogens is 2. The first-order chi connectivity index (χ1) is 7.65. The Morgan fingerprint density at radius 2 is 2.25 bits per heavy atom. The molecule has 1 N–H and O–H groups in total. The van der Waals surface area contributed by atoms with Gasteiger partial charge in [0.1, 0.15) is 5.82 Å². The molecule has 0 unspecified atom stereocenters. The first kappa shape index (κ1) is 11.6. The minimum atomic E-state index is 0.513. The van der Waals surface area contributed by atoms with Gasteiger partial charge in [-0.2, -0.15) is 0 Å². The summed E-state index contributed by atoms with van der Waals surface area (Å²) in [5.74, 6) is 0.622. The van der Waals surface area contributed by atoms with E-state index in [2.05, 4.69) is 15.3 Å². The molecule has 2 aromatic rings. The number of halogens is 2. The molecule has 3 nitrogen and oxygen atoms in total. The van der Waals surface area contributed by atoms with Gasteiger partial charge in [0.15, 0.2) is 0 Å². The second-order valence-corrected chi connectivity index (χ2v) is 5.10. The van der Waals surface area contributed by atoms with Crippen molar-refractivity contribution in [3.05, 3.63) is 38.4 Å². The van der Waals surface area contributed by atoms with Gasteiger partial charge in [0, 0.05) is 11.6 Å². The van der Waals surface area contributed by atoms with Crippen molar-refractivity contribution < 1.29 is 0 Å². The van der Waals surface area contributed by atoms with E-state index < -0.39 is 0 Å². The lowest BCUT2D eigenvalue weighted by atomic mass is 10.4. The van der Waals surface area contributed by atoms with E-state index in [-0.39, 0.29) is 0 Å². The summed E-state index contributed by atoms with van der Waals surface area (Å²) in [6, 6.07) is 1.66. The number of nitrogens with one attached hydrogen (secondary N) is 1. The maximum Gasteiger partial charge on any atom is 0.145 e. The van der Waals surface area contributed by atoms with Crippen LogP contribution in [0, 0.1) is 6.92 Å². The Bertz CT molecular complexity index is 499. The van der Waals surface area contributed by atoms with Crippen LogP contribution >= 0.6 is 34.5 Å². The Balaban J connectivity index is 2.04. The molecule has 0 aromatic carbocycles. The van der Waals surface area contributed by atoms with E-state index in [4.69, 9.17) is 23.2 Å². The second-order valence-electron chi connectivity index (χ2n) is 3.20. The third-order valence-electron chi connectivity index (χ3n) is 1.91. The molecule has 0 spiro atoms. The highest BCUT2D eigenvalue weighted by Gasteiger charge is 2.03. The minimum absolute atomic E-state index is 0.513. The minimum Gasteiger partial charge on any atom is -0.363 e. The molecule has 0 atom stereocenters. The summed E-state index contributed by atoms with van der Waals surface area (Å²) in [5, 5.41) is 7.21. The number of nitrogens with zero attached hydrogens (tertiary/aromatic N) is 2. The van der Waals surface area contributed by atoms with E-state index >= 15 is 0 Å². The second kappa shape index (κ2) is 4.99. The highest BCUT2D eigenvalue weighted by atomic mass is 35.5. The summed E-state index contributed by atoms with van der Waals surface area (Å²) in [5.41, 5.74) is 0.982. The van der Waals surface area contributed by atoms with Crippen molar-refractivity contribution in [3.8, 4) is 0 Å². The zero-order chi connectivity index (χ0) is 11.5. The molecule has 0 radical (unpaired) electrons. The summed E-state index contributed by atoms with van der Waals surface area (Å²) in [4.78, 5) is 8.43. The van der Waals surface area contributed by atoms with E-state index in [9.17, 15) is 0 Å². The quantitative estimate of drug-likeness (QED) is 0.925.